The molecular formula is C58H46N4. The third-order valence-corrected chi connectivity index (χ3v) is 15.0. The van der Waals surface area contributed by atoms with Crippen LogP contribution in [0.25, 0.3) is 55.6 Å². The Morgan fingerprint density at radius 3 is 2.37 bits per heavy atom. The van der Waals surface area contributed by atoms with E-state index in [-0.39, 0.29) is 5.41 Å². The Morgan fingerprint density at radius 1 is 0.726 bits per heavy atom. The molecule has 0 aliphatic heterocycles. The third kappa shape index (κ3) is 5.07. The Morgan fingerprint density at radius 2 is 1.48 bits per heavy atom. The number of pyridine rings is 2. The minimum atomic E-state index is -0.0453. The van der Waals surface area contributed by atoms with E-state index >= 15 is 0 Å². The van der Waals surface area contributed by atoms with Crippen molar-refractivity contribution in [3.05, 3.63) is 215 Å². The number of aromatic nitrogens is 3. The molecule has 0 fully saturated rings. The summed E-state index contributed by atoms with van der Waals surface area (Å²) < 4.78 is 2.20. The molecule has 62 heavy (non-hydrogen) atoms. The van der Waals surface area contributed by atoms with Crippen molar-refractivity contribution in [2.75, 3.05) is 4.90 Å². The highest BCUT2D eigenvalue weighted by molar-refractivity contribution is 6.09. The van der Waals surface area contributed by atoms with Crippen LogP contribution in [0.1, 0.15) is 73.3 Å². The van der Waals surface area contributed by atoms with Gasteiger partial charge in [0.2, 0.25) is 0 Å². The number of para-hydroxylation sites is 1. The molecule has 0 N–H and O–H groups in total. The van der Waals surface area contributed by atoms with Crippen molar-refractivity contribution in [1.82, 2.24) is 14.4 Å². The number of allylic oxidation sites excluding steroid dienone is 10. The lowest BCUT2D eigenvalue weighted by Crippen LogP contribution is -2.24. The largest absolute Gasteiger partial charge is 0.314 e. The fourth-order valence-corrected chi connectivity index (χ4v) is 12.0. The number of imidazole rings is 1. The lowest BCUT2D eigenvalue weighted by Gasteiger charge is -2.36. The Labute approximate surface area is 362 Å². The summed E-state index contributed by atoms with van der Waals surface area (Å²) in [6.07, 6.45) is 18.6. The van der Waals surface area contributed by atoms with Crippen LogP contribution in [0.15, 0.2) is 187 Å². The van der Waals surface area contributed by atoms with E-state index in [1.807, 2.05) is 0 Å². The first-order valence-corrected chi connectivity index (χ1v) is 22.5. The van der Waals surface area contributed by atoms with Crippen LogP contribution < -0.4 is 4.90 Å². The first-order chi connectivity index (χ1) is 30.6. The second-order valence-corrected chi connectivity index (χ2v) is 18.1. The van der Waals surface area contributed by atoms with Gasteiger partial charge in [-0.1, -0.05) is 135 Å². The standard InChI is InChI=1S/C58H46N4/c1-3-58(2)50-25-8-6-21-44(50)45-29-28-40(35-51(45)58)62(38-17-12-15-36(33-38)41-30-31-48-43-20-5-4-19-42(43)47-24-14-23-46(41)54(47)48)39-18-13-16-37(34-39)55-57-56(49-22-7-9-26-52(49)59-55)60-53-27-10-11-32-61(53)57/h4-23,25-27,30-35,46-47,54H,3,24,28-29H2,1-2H3. The average molecular weight is 799 g/mol. The van der Waals surface area contributed by atoms with Gasteiger partial charge in [-0.15, -0.1) is 0 Å². The summed E-state index contributed by atoms with van der Waals surface area (Å²) in [5.41, 5.74) is 22.5. The average Bonchev–Trinajstić information content (AvgIpc) is 3.97. The van der Waals surface area contributed by atoms with E-state index in [9.17, 15) is 0 Å². The molecule has 4 heteroatoms. The van der Waals surface area contributed by atoms with Crippen LogP contribution in [0.4, 0.5) is 11.4 Å². The fraction of sp³-hybridized carbons (Fsp3) is 0.172. The highest BCUT2D eigenvalue weighted by Gasteiger charge is 2.44. The Kier molecular flexibility index (Phi) is 7.76. The molecule has 0 saturated heterocycles. The van der Waals surface area contributed by atoms with Gasteiger partial charge in [0.05, 0.1) is 16.7 Å². The van der Waals surface area contributed by atoms with Crippen LogP contribution in [0.5, 0.6) is 0 Å². The lowest BCUT2D eigenvalue weighted by molar-refractivity contribution is 0.467. The summed E-state index contributed by atoms with van der Waals surface area (Å²) in [5, 5.41) is 1.07. The highest BCUT2D eigenvalue weighted by Crippen LogP contribution is 2.58. The first-order valence-electron chi connectivity index (χ1n) is 22.5. The van der Waals surface area contributed by atoms with Gasteiger partial charge in [0.25, 0.3) is 0 Å². The molecular weight excluding hydrogens is 753 g/mol. The number of benzene rings is 5. The number of anilines is 2. The zero-order valence-corrected chi connectivity index (χ0v) is 35.1. The summed E-state index contributed by atoms with van der Waals surface area (Å²) in [5.74, 6) is 1.34. The monoisotopic (exact) mass is 798 g/mol. The second-order valence-electron chi connectivity index (χ2n) is 18.1. The van der Waals surface area contributed by atoms with Gasteiger partial charge in [0.15, 0.2) is 0 Å². The second kappa shape index (κ2) is 13.5. The Hall–Kier alpha value is -7.04. The molecule has 0 saturated carbocycles. The number of rotatable bonds is 6. The smallest absolute Gasteiger partial charge is 0.137 e. The summed E-state index contributed by atoms with van der Waals surface area (Å²) in [6.45, 7) is 4.80. The number of nitrogens with zero attached hydrogens (tertiary/aromatic N) is 4. The van der Waals surface area contributed by atoms with Crippen LogP contribution in [-0.4, -0.2) is 14.4 Å². The molecule has 4 nitrogen and oxygen atoms in total. The summed E-state index contributed by atoms with van der Waals surface area (Å²) in [7, 11) is 0. The molecule has 0 bridgehead atoms. The zero-order chi connectivity index (χ0) is 41.1. The van der Waals surface area contributed by atoms with Gasteiger partial charge >= 0.3 is 0 Å². The molecule has 13 rings (SSSR count). The molecule has 8 aromatic rings. The molecule has 0 radical (unpaired) electrons. The summed E-state index contributed by atoms with van der Waals surface area (Å²) in [4.78, 5) is 13.1. The van der Waals surface area contributed by atoms with Gasteiger partial charge < -0.3 is 4.90 Å². The number of hydrogen-bond acceptors (Lipinski definition) is 3. The molecule has 3 heterocycles. The van der Waals surface area contributed by atoms with E-state index in [2.05, 4.69) is 199 Å². The van der Waals surface area contributed by atoms with Gasteiger partial charge in [-0.2, -0.15) is 0 Å². The SMILES string of the molecule is CCC1(C)C2=C(CCC(N(c3cccc(C4=CC=C5c6ccccc6C6CC=CC4C56)c3)c3cccc(-c4nc5ccccc5c5nc6ccccn6c45)c3)=C2)c2ccccc21. The van der Waals surface area contributed by atoms with Gasteiger partial charge in [-0.05, 0) is 130 Å². The number of fused-ring (bicyclic) bond motifs is 10. The molecule has 3 aromatic heterocycles. The van der Waals surface area contributed by atoms with Gasteiger partial charge in [-0.3, -0.25) is 4.40 Å². The van der Waals surface area contributed by atoms with E-state index in [1.54, 1.807) is 0 Å². The predicted molar refractivity (Wildman–Crippen MR) is 256 cm³/mol. The van der Waals surface area contributed by atoms with Crippen molar-refractivity contribution in [1.29, 1.82) is 0 Å². The molecule has 4 unspecified atom stereocenters. The van der Waals surface area contributed by atoms with Gasteiger partial charge in [0, 0.05) is 51.5 Å². The van der Waals surface area contributed by atoms with E-state index in [0.29, 0.717) is 17.8 Å². The molecule has 5 aromatic carbocycles. The predicted octanol–water partition coefficient (Wildman–Crippen LogP) is 14.4. The van der Waals surface area contributed by atoms with Crippen LogP contribution >= 0.6 is 0 Å². The zero-order valence-electron chi connectivity index (χ0n) is 35.1. The molecule has 4 atom stereocenters. The normalized spacial score (nSPS) is 22.0. The van der Waals surface area contributed by atoms with Crippen molar-refractivity contribution in [2.24, 2.45) is 11.8 Å². The van der Waals surface area contributed by atoms with E-state index in [4.69, 9.17) is 9.97 Å². The summed E-state index contributed by atoms with van der Waals surface area (Å²) >= 11 is 0. The van der Waals surface area contributed by atoms with Crippen molar-refractivity contribution in [3.63, 3.8) is 0 Å². The van der Waals surface area contributed by atoms with Crippen molar-refractivity contribution >= 4 is 55.7 Å². The van der Waals surface area contributed by atoms with Crippen LogP contribution in [-0.2, 0) is 5.41 Å². The van der Waals surface area contributed by atoms with E-state index < -0.39 is 0 Å². The van der Waals surface area contributed by atoms with E-state index in [1.165, 1.54) is 61.5 Å². The van der Waals surface area contributed by atoms with Gasteiger partial charge in [-0.25, -0.2) is 9.97 Å². The first kappa shape index (κ1) is 35.7. The van der Waals surface area contributed by atoms with E-state index in [0.717, 1.165) is 70.2 Å². The van der Waals surface area contributed by atoms with Crippen molar-refractivity contribution < 1.29 is 0 Å². The van der Waals surface area contributed by atoms with Crippen molar-refractivity contribution in [2.45, 2.75) is 50.9 Å². The van der Waals surface area contributed by atoms with Crippen LogP contribution in [0.3, 0.4) is 0 Å². The molecule has 5 aliphatic carbocycles. The number of hydrogen-bond donors (Lipinski definition) is 0. The summed E-state index contributed by atoms with van der Waals surface area (Å²) in [6, 6.07) is 51.3. The van der Waals surface area contributed by atoms with Crippen molar-refractivity contribution in [3.8, 4) is 11.3 Å². The lowest BCUT2D eigenvalue weighted by atomic mass is 9.68. The Bertz CT molecular complexity index is 3370. The fourth-order valence-electron chi connectivity index (χ4n) is 12.0. The maximum absolute atomic E-state index is 5.40. The maximum atomic E-state index is 5.40. The maximum Gasteiger partial charge on any atom is 0.137 e. The third-order valence-electron chi connectivity index (χ3n) is 15.0. The minimum Gasteiger partial charge on any atom is -0.314 e. The Balaban J connectivity index is 0.992. The van der Waals surface area contributed by atoms with Gasteiger partial charge in [0.1, 0.15) is 11.2 Å². The van der Waals surface area contributed by atoms with Crippen LogP contribution in [0.2, 0.25) is 0 Å². The minimum absolute atomic E-state index is 0.0453. The molecule has 298 valence electrons. The highest BCUT2D eigenvalue weighted by atomic mass is 15.1. The molecule has 0 spiro atoms. The molecule has 0 amide bonds. The quantitative estimate of drug-likeness (QED) is 0.157. The van der Waals surface area contributed by atoms with Crippen LogP contribution in [0, 0.1) is 11.8 Å². The molecule has 5 aliphatic rings. The topological polar surface area (TPSA) is 33.4 Å².